The van der Waals surface area contributed by atoms with Gasteiger partial charge in [-0.25, -0.2) is 0 Å². The Labute approximate surface area is 119 Å². The van der Waals surface area contributed by atoms with Gasteiger partial charge in [0.15, 0.2) is 0 Å². The molecule has 19 heavy (non-hydrogen) atoms. The highest BCUT2D eigenvalue weighted by atomic mass is 35.5. The highest BCUT2D eigenvalue weighted by Gasteiger charge is 2.27. The van der Waals surface area contributed by atoms with Crippen molar-refractivity contribution in [2.45, 2.75) is 44.1 Å². The Hall–Kier alpha value is -1.06. The van der Waals surface area contributed by atoms with Crippen molar-refractivity contribution < 1.29 is 4.79 Å². The Bertz CT molecular complexity index is 424. The van der Waals surface area contributed by atoms with Gasteiger partial charge in [0, 0.05) is 17.1 Å². The molecule has 3 N–H and O–H groups in total. The average Bonchev–Trinajstić information content (AvgIpc) is 2.40. The van der Waals surface area contributed by atoms with Crippen molar-refractivity contribution in [1.82, 2.24) is 5.32 Å². The van der Waals surface area contributed by atoms with E-state index in [2.05, 4.69) is 5.32 Å². The van der Waals surface area contributed by atoms with E-state index in [-0.39, 0.29) is 11.4 Å². The second kappa shape index (κ2) is 6.40. The van der Waals surface area contributed by atoms with Crippen LogP contribution in [0, 0.1) is 0 Å². The molecule has 0 aromatic heterocycles. The summed E-state index contributed by atoms with van der Waals surface area (Å²) in [5.41, 5.74) is 7.06. The summed E-state index contributed by atoms with van der Waals surface area (Å²) in [5, 5.41) is 3.65. The lowest BCUT2D eigenvalue weighted by molar-refractivity contribution is -0.120. The van der Waals surface area contributed by atoms with Crippen molar-refractivity contribution in [3.63, 3.8) is 0 Å². The van der Waals surface area contributed by atoms with Crippen molar-refractivity contribution in [3.05, 3.63) is 34.9 Å². The van der Waals surface area contributed by atoms with E-state index in [9.17, 15) is 4.79 Å². The number of amides is 1. The standard InChI is InChI=1S/C15H21ClN2O/c16-13-6-4-12(5-7-13)10-14(19)18-11-15(17)8-2-1-3-9-15/h4-7H,1-3,8-11,17H2,(H,18,19). The summed E-state index contributed by atoms with van der Waals surface area (Å²) >= 11 is 5.81. The van der Waals surface area contributed by atoms with Crippen LogP contribution in [0.5, 0.6) is 0 Å². The Kier molecular flexibility index (Phi) is 4.83. The Balaban J connectivity index is 1.79. The number of halogens is 1. The summed E-state index contributed by atoms with van der Waals surface area (Å²) in [6, 6.07) is 7.35. The number of benzene rings is 1. The second-order valence-electron chi connectivity index (χ2n) is 5.50. The van der Waals surface area contributed by atoms with Crippen molar-refractivity contribution in [2.75, 3.05) is 6.54 Å². The fraction of sp³-hybridized carbons (Fsp3) is 0.533. The number of nitrogens with one attached hydrogen (secondary N) is 1. The lowest BCUT2D eigenvalue weighted by Crippen LogP contribution is -2.51. The topological polar surface area (TPSA) is 55.1 Å². The summed E-state index contributed by atoms with van der Waals surface area (Å²) in [7, 11) is 0. The maximum atomic E-state index is 11.9. The number of hydrogen-bond acceptors (Lipinski definition) is 2. The molecule has 1 aliphatic rings. The van der Waals surface area contributed by atoms with Crippen LogP contribution >= 0.6 is 11.6 Å². The highest BCUT2D eigenvalue weighted by molar-refractivity contribution is 6.30. The summed E-state index contributed by atoms with van der Waals surface area (Å²) in [5.74, 6) is 0.0257. The van der Waals surface area contributed by atoms with E-state index in [0.29, 0.717) is 18.0 Å². The first-order chi connectivity index (χ1) is 9.07. The molecule has 1 aromatic rings. The Morgan fingerprint density at radius 1 is 1.21 bits per heavy atom. The molecular weight excluding hydrogens is 260 g/mol. The molecule has 1 saturated carbocycles. The molecule has 2 rings (SSSR count). The van der Waals surface area contributed by atoms with Crippen molar-refractivity contribution >= 4 is 17.5 Å². The lowest BCUT2D eigenvalue weighted by Gasteiger charge is -2.33. The summed E-state index contributed by atoms with van der Waals surface area (Å²) in [4.78, 5) is 11.9. The number of rotatable bonds is 4. The summed E-state index contributed by atoms with van der Waals surface area (Å²) in [6.45, 7) is 0.583. The van der Waals surface area contributed by atoms with Gasteiger partial charge in [-0.3, -0.25) is 4.79 Å². The zero-order valence-corrected chi connectivity index (χ0v) is 11.9. The average molecular weight is 281 g/mol. The van der Waals surface area contributed by atoms with Crippen LogP contribution in [-0.4, -0.2) is 18.0 Å². The SMILES string of the molecule is NC1(CNC(=O)Cc2ccc(Cl)cc2)CCCCC1. The van der Waals surface area contributed by atoms with E-state index in [4.69, 9.17) is 17.3 Å². The molecule has 0 aliphatic heterocycles. The fourth-order valence-corrected chi connectivity index (χ4v) is 2.68. The van der Waals surface area contributed by atoms with E-state index in [1.54, 1.807) is 12.1 Å². The first-order valence-corrected chi connectivity index (χ1v) is 7.25. The van der Waals surface area contributed by atoms with E-state index in [1.165, 1.54) is 19.3 Å². The van der Waals surface area contributed by atoms with Gasteiger partial charge in [0.25, 0.3) is 0 Å². The Morgan fingerprint density at radius 3 is 2.47 bits per heavy atom. The first kappa shape index (κ1) is 14.4. The minimum atomic E-state index is -0.200. The number of carbonyl (C=O) groups is 1. The quantitative estimate of drug-likeness (QED) is 0.891. The molecule has 1 fully saturated rings. The van der Waals surface area contributed by atoms with Gasteiger partial charge in [-0.2, -0.15) is 0 Å². The molecular formula is C15H21ClN2O. The third kappa shape index (κ3) is 4.51. The van der Waals surface area contributed by atoms with Gasteiger partial charge < -0.3 is 11.1 Å². The third-order valence-electron chi connectivity index (χ3n) is 3.76. The Morgan fingerprint density at radius 2 is 1.84 bits per heavy atom. The molecule has 0 unspecified atom stereocenters. The number of nitrogens with two attached hydrogens (primary N) is 1. The van der Waals surface area contributed by atoms with Crippen molar-refractivity contribution in [2.24, 2.45) is 5.73 Å². The smallest absolute Gasteiger partial charge is 0.224 e. The molecule has 0 bridgehead atoms. The van der Waals surface area contributed by atoms with Crippen LogP contribution in [0.2, 0.25) is 5.02 Å². The summed E-state index contributed by atoms with van der Waals surface area (Å²) < 4.78 is 0. The summed E-state index contributed by atoms with van der Waals surface area (Å²) in [6.07, 6.45) is 6.00. The fourth-order valence-electron chi connectivity index (χ4n) is 2.56. The molecule has 0 atom stereocenters. The van der Waals surface area contributed by atoms with Gasteiger partial charge in [-0.05, 0) is 30.5 Å². The van der Waals surface area contributed by atoms with Gasteiger partial charge >= 0.3 is 0 Å². The number of carbonyl (C=O) groups excluding carboxylic acids is 1. The maximum Gasteiger partial charge on any atom is 0.224 e. The molecule has 0 heterocycles. The van der Waals surface area contributed by atoms with E-state index in [0.717, 1.165) is 18.4 Å². The molecule has 3 nitrogen and oxygen atoms in total. The monoisotopic (exact) mass is 280 g/mol. The zero-order chi connectivity index (χ0) is 13.7. The van der Waals surface area contributed by atoms with Crippen LogP contribution in [0.1, 0.15) is 37.7 Å². The molecule has 0 saturated heterocycles. The van der Waals surface area contributed by atoms with Crippen molar-refractivity contribution in [1.29, 1.82) is 0 Å². The van der Waals surface area contributed by atoms with E-state index >= 15 is 0 Å². The zero-order valence-electron chi connectivity index (χ0n) is 11.1. The van der Waals surface area contributed by atoms with Gasteiger partial charge in [0.2, 0.25) is 5.91 Å². The van der Waals surface area contributed by atoms with Crippen LogP contribution in [-0.2, 0) is 11.2 Å². The van der Waals surface area contributed by atoms with Crippen LogP contribution in [0.25, 0.3) is 0 Å². The predicted molar refractivity (Wildman–Crippen MR) is 78.2 cm³/mol. The minimum absolute atomic E-state index is 0.0257. The molecule has 0 spiro atoms. The molecule has 1 amide bonds. The molecule has 104 valence electrons. The second-order valence-corrected chi connectivity index (χ2v) is 5.94. The number of hydrogen-bond donors (Lipinski definition) is 2. The lowest BCUT2D eigenvalue weighted by atomic mass is 9.82. The minimum Gasteiger partial charge on any atom is -0.354 e. The molecule has 1 aliphatic carbocycles. The highest BCUT2D eigenvalue weighted by Crippen LogP contribution is 2.25. The van der Waals surface area contributed by atoms with E-state index in [1.807, 2.05) is 12.1 Å². The van der Waals surface area contributed by atoms with Crippen molar-refractivity contribution in [3.8, 4) is 0 Å². The van der Waals surface area contributed by atoms with E-state index < -0.39 is 0 Å². The van der Waals surface area contributed by atoms with Gasteiger partial charge in [-0.1, -0.05) is 43.0 Å². The third-order valence-corrected chi connectivity index (χ3v) is 4.02. The maximum absolute atomic E-state index is 11.9. The molecule has 1 aromatic carbocycles. The normalized spacial score (nSPS) is 18.0. The van der Waals surface area contributed by atoms with Crippen LogP contribution in [0.4, 0.5) is 0 Å². The largest absolute Gasteiger partial charge is 0.354 e. The van der Waals surface area contributed by atoms with Gasteiger partial charge in [0.05, 0.1) is 6.42 Å². The first-order valence-electron chi connectivity index (χ1n) is 6.87. The van der Waals surface area contributed by atoms with Crippen LogP contribution in [0.3, 0.4) is 0 Å². The van der Waals surface area contributed by atoms with Gasteiger partial charge in [-0.15, -0.1) is 0 Å². The van der Waals surface area contributed by atoms with Gasteiger partial charge in [0.1, 0.15) is 0 Å². The van der Waals surface area contributed by atoms with Crippen LogP contribution < -0.4 is 11.1 Å². The predicted octanol–water partition coefficient (Wildman–Crippen LogP) is 2.66. The molecule has 0 radical (unpaired) electrons. The van der Waals surface area contributed by atoms with Crippen LogP contribution in [0.15, 0.2) is 24.3 Å². The molecule has 4 heteroatoms.